The smallest absolute Gasteiger partial charge is 0.438 e. The summed E-state index contributed by atoms with van der Waals surface area (Å²) in [6, 6.07) is 14.2. The third kappa shape index (κ3) is 6.09. The lowest BCUT2D eigenvalue weighted by Crippen LogP contribution is -2.19. The molecule has 0 radical (unpaired) electrons. The average Bonchev–Trinajstić information content (AvgIpc) is 3.08. The van der Waals surface area contributed by atoms with Crippen molar-refractivity contribution in [2.45, 2.75) is 27.1 Å². The Bertz CT molecular complexity index is 1350. The molecule has 4 rings (SSSR count). The molecule has 4 aromatic rings. The van der Waals surface area contributed by atoms with Crippen molar-refractivity contribution < 1.29 is 27.4 Å². The second-order valence-electron chi connectivity index (χ2n) is 7.72. The summed E-state index contributed by atoms with van der Waals surface area (Å²) in [4.78, 5) is 12.2. The molecule has 0 aliphatic rings. The van der Waals surface area contributed by atoms with E-state index in [1.807, 2.05) is 20.8 Å². The van der Waals surface area contributed by atoms with Crippen LogP contribution in [0.3, 0.4) is 0 Å². The number of ether oxygens (including phenoxy) is 2. The van der Waals surface area contributed by atoms with Gasteiger partial charge >= 0.3 is 12.4 Å². The Morgan fingerprint density at radius 1 is 0.833 bits per heavy atom. The van der Waals surface area contributed by atoms with Crippen LogP contribution in [0, 0.1) is 20.8 Å². The maximum absolute atomic E-state index is 12.2. The molecule has 9 nitrogen and oxygen atoms in total. The summed E-state index contributed by atoms with van der Waals surface area (Å²) < 4.78 is 47.9. The number of amides is 2. The average molecular weight is 498 g/mol. The minimum absolute atomic E-state index is 0.286. The molecule has 2 N–H and O–H groups in total. The van der Waals surface area contributed by atoms with Crippen LogP contribution in [0.1, 0.15) is 17.0 Å². The van der Waals surface area contributed by atoms with Gasteiger partial charge in [-0.3, -0.25) is 0 Å². The van der Waals surface area contributed by atoms with Crippen LogP contribution in [0.25, 0.3) is 5.82 Å². The SMILES string of the molecule is Cc1nn(-c2ccc(Oc3ccc(NC(=O)Nc4ccc(OC(F)(F)F)cc4)cc3)nn2)c(C)c1C. The third-order valence-corrected chi connectivity index (χ3v) is 5.18. The maximum atomic E-state index is 12.2. The zero-order valence-electron chi connectivity index (χ0n) is 19.4. The van der Waals surface area contributed by atoms with Gasteiger partial charge in [-0.15, -0.1) is 23.4 Å². The number of carbonyl (C=O) groups is 1. The van der Waals surface area contributed by atoms with E-state index in [4.69, 9.17) is 4.74 Å². The molecule has 0 fully saturated rings. The topological polar surface area (TPSA) is 103 Å². The number of aryl methyl sites for hydroxylation is 1. The Morgan fingerprint density at radius 3 is 1.89 bits per heavy atom. The van der Waals surface area contributed by atoms with Crippen LogP contribution in [0.4, 0.5) is 29.3 Å². The maximum Gasteiger partial charge on any atom is 0.573 e. The summed E-state index contributed by atoms with van der Waals surface area (Å²) >= 11 is 0. The summed E-state index contributed by atoms with van der Waals surface area (Å²) in [6.45, 7) is 5.89. The van der Waals surface area contributed by atoms with Crippen LogP contribution in [0.15, 0.2) is 60.7 Å². The van der Waals surface area contributed by atoms with Gasteiger partial charge in [-0.1, -0.05) is 0 Å². The predicted octanol–water partition coefficient (Wildman–Crippen LogP) is 5.92. The Balaban J connectivity index is 1.32. The van der Waals surface area contributed by atoms with Gasteiger partial charge in [0.05, 0.1) is 5.69 Å². The third-order valence-electron chi connectivity index (χ3n) is 5.18. The van der Waals surface area contributed by atoms with Crippen molar-refractivity contribution in [3.05, 3.63) is 77.6 Å². The number of nitrogens with zero attached hydrogens (tertiary/aromatic N) is 4. The van der Waals surface area contributed by atoms with E-state index in [2.05, 4.69) is 30.7 Å². The first-order valence-corrected chi connectivity index (χ1v) is 10.7. The summed E-state index contributed by atoms with van der Waals surface area (Å²) in [5.41, 5.74) is 3.76. The van der Waals surface area contributed by atoms with Crippen LogP contribution in [-0.4, -0.2) is 32.4 Å². The zero-order valence-corrected chi connectivity index (χ0v) is 19.4. The van der Waals surface area contributed by atoms with E-state index in [1.165, 1.54) is 12.1 Å². The van der Waals surface area contributed by atoms with Gasteiger partial charge < -0.3 is 20.1 Å². The lowest BCUT2D eigenvalue weighted by atomic mass is 10.2. The Morgan fingerprint density at radius 2 is 1.42 bits per heavy atom. The second kappa shape index (κ2) is 9.94. The fourth-order valence-electron chi connectivity index (χ4n) is 3.18. The van der Waals surface area contributed by atoms with Crippen molar-refractivity contribution in [2.75, 3.05) is 10.6 Å². The molecule has 0 saturated heterocycles. The number of rotatable bonds is 6. The van der Waals surface area contributed by atoms with Gasteiger partial charge in [-0.05, 0) is 80.9 Å². The first-order chi connectivity index (χ1) is 17.1. The highest BCUT2D eigenvalue weighted by Crippen LogP contribution is 2.25. The molecule has 0 atom stereocenters. The van der Waals surface area contributed by atoms with Gasteiger partial charge in [0, 0.05) is 23.1 Å². The number of hydrogen-bond donors (Lipinski definition) is 2. The Hall–Kier alpha value is -4.61. The number of nitrogens with one attached hydrogen (secondary N) is 2. The number of halogens is 3. The molecule has 0 aliphatic heterocycles. The van der Waals surface area contributed by atoms with Crippen molar-refractivity contribution >= 4 is 17.4 Å². The van der Waals surface area contributed by atoms with E-state index in [-0.39, 0.29) is 11.6 Å². The number of alkyl halides is 3. The number of anilines is 2. The molecule has 12 heteroatoms. The Kier molecular flexibility index (Phi) is 6.77. The first kappa shape index (κ1) is 24.5. The van der Waals surface area contributed by atoms with Crippen molar-refractivity contribution in [3.8, 4) is 23.2 Å². The highest BCUT2D eigenvalue weighted by Gasteiger charge is 2.31. The highest BCUT2D eigenvalue weighted by molar-refractivity contribution is 5.99. The van der Waals surface area contributed by atoms with Gasteiger partial charge in [0.15, 0.2) is 5.82 Å². The molecule has 2 aromatic carbocycles. The number of aromatic nitrogens is 4. The van der Waals surface area contributed by atoms with Gasteiger partial charge in [-0.2, -0.15) is 5.10 Å². The lowest BCUT2D eigenvalue weighted by molar-refractivity contribution is -0.274. The number of urea groups is 1. The van der Waals surface area contributed by atoms with Crippen LogP contribution >= 0.6 is 0 Å². The van der Waals surface area contributed by atoms with Crippen LogP contribution in [-0.2, 0) is 0 Å². The molecule has 0 spiro atoms. The van der Waals surface area contributed by atoms with E-state index in [9.17, 15) is 18.0 Å². The summed E-state index contributed by atoms with van der Waals surface area (Å²) in [5.74, 6) is 0.952. The minimum Gasteiger partial charge on any atom is -0.438 e. The normalized spacial score (nSPS) is 11.2. The fraction of sp³-hybridized carbons (Fsp3) is 0.167. The van der Waals surface area contributed by atoms with Gasteiger partial charge in [0.25, 0.3) is 0 Å². The molecular weight excluding hydrogens is 477 g/mol. The zero-order chi connectivity index (χ0) is 25.9. The molecule has 2 amide bonds. The van der Waals surface area contributed by atoms with E-state index < -0.39 is 12.4 Å². The summed E-state index contributed by atoms with van der Waals surface area (Å²) in [5, 5.41) is 17.9. The van der Waals surface area contributed by atoms with Gasteiger partial charge in [0.1, 0.15) is 11.5 Å². The number of benzene rings is 2. The van der Waals surface area contributed by atoms with Crippen molar-refractivity contribution in [1.29, 1.82) is 0 Å². The van der Waals surface area contributed by atoms with E-state index in [0.717, 1.165) is 29.1 Å². The number of hydrogen-bond acceptors (Lipinski definition) is 6. The van der Waals surface area contributed by atoms with E-state index in [0.29, 0.717) is 22.9 Å². The van der Waals surface area contributed by atoms with Gasteiger partial charge in [-0.25, -0.2) is 9.48 Å². The molecule has 0 bridgehead atoms. The monoisotopic (exact) mass is 498 g/mol. The molecule has 0 aliphatic carbocycles. The van der Waals surface area contributed by atoms with Gasteiger partial charge in [0.2, 0.25) is 5.88 Å². The lowest BCUT2D eigenvalue weighted by Gasteiger charge is -2.11. The van der Waals surface area contributed by atoms with E-state index >= 15 is 0 Å². The summed E-state index contributed by atoms with van der Waals surface area (Å²) in [6.07, 6.45) is -4.78. The fourth-order valence-corrected chi connectivity index (χ4v) is 3.18. The molecule has 2 aromatic heterocycles. The van der Waals surface area contributed by atoms with Crippen molar-refractivity contribution in [2.24, 2.45) is 0 Å². The highest BCUT2D eigenvalue weighted by atomic mass is 19.4. The quantitative estimate of drug-likeness (QED) is 0.342. The van der Waals surface area contributed by atoms with Crippen molar-refractivity contribution in [3.63, 3.8) is 0 Å². The predicted molar refractivity (Wildman–Crippen MR) is 126 cm³/mol. The van der Waals surface area contributed by atoms with Crippen LogP contribution in [0.2, 0.25) is 0 Å². The molecule has 0 unspecified atom stereocenters. The van der Waals surface area contributed by atoms with Crippen LogP contribution < -0.4 is 20.1 Å². The molecular formula is C24H21F3N6O3. The minimum atomic E-state index is -4.78. The second-order valence-corrected chi connectivity index (χ2v) is 7.72. The van der Waals surface area contributed by atoms with Crippen molar-refractivity contribution in [1.82, 2.24) is 20.0 Å². The standard InChI is InChI=1S/C24H21F3N6O3/c1-14-15(2)32-33(16(14)3)21-12-13-22(31-30-21)35-19-8-4-17(5-9-19)28-23(34)29-18-6-10-20(11-7-18)36-24(25,26)27/h4-13H,1-3H3,(H2,28,29,34). The van der Waals surface area contributed by atoms with Crippen LogP contribution in [0.5, 0.6) is 17.4 Å². The van der Waals surface area contributed by atoms with E-state index in [1.54, 1.807) is 41.1 Å². The summed E-state index contributed by atoms with van der Waals surface area (Å²) in [7, 11) is 0. The Labute approximate surface area is 203 Å². The number of carbonyl (C=O) groups excluding carboxylic acids is 1. The largest absolute Gasteiger partial charge is 0.573 e. The molecule has 186 valence electrons. The molecule has 0 saturated carbocycles. The molecule has 2 heterocycles. The first-order valence-electron chi connectivity index (χ1n) is 10.7. The molecule has 36 heavy (non-hydrogen) atoms.